The second-order valence-electron chi connectivity index (χ2n) is 6.18. The quantitative estimate of drug-likeness (QED) is 0.877. The van der Waals surface area contributed by atoms with Crippen LogP contribution in [0.4, 0.5) is 5.13 Å². The average molecular weight is 374 g/mol. The summed E-state index contributed by atoms with van der Waals surface area (Å²) in [6.07, 6.45) is 1.85. The molecule has 126 valence electrons. The van der Waals surface area contributed by atoms with Crippen molar-refractivity contribution in [3.63, 3.8) is 0 Å². The second-order valence-corrected chi connectivity index (χ2v) is 7.73. The van der Waals surface area contributed by atoms with Gasteiger partial charge in [-0.25, -0.2) is 4.98 Å². The number of hydrogen-bond acceptors (Lipinski definition) is 5. The van der Waals surface area contributed by atoms with Gasteiger partial charge in [0, 0.05) is 40.3 Å². The first-order valence-corrected chi connectivity index (χ1v) is 8.46. The number of rotatable bonds is 3. The van der Waals surface area contributed by atoms with Crippen molar-refractivity contribution in [1.82, 2.24) is 9.88 Å². The largest absolute Gasteiger partial charge is 0.375 e. The van der Waals surface area contributed by atoms with Gasteiger partial charge >= 0.3 is 0 Å². The number of aromatic nitrogens is 1. The number of halogens is 2. The number of nitrogen functional groups attached to an aromatic ring is 1. The maximum atomic E-state index is 6.32. The predicted octanol–water partition coefficient (Wildman–Crippen LogP) is 4.15. The molecule has 1 aliphatic rings. The zero-order valence-corrected chi connectivity index (χ0v) is 15.5. The predicted molar refractivity (Wildman–Crippen MR) is 98.4 cm³/mol. The SMILES string of the molecule is CC1(C)COC(c2ccccc2Cl)CN1Cc1cnc(N)s1.Cl. The van der Waals surface area contributed by atoms with Crippen LogP contribution in [0.25, 0.3) is 0 Å². The van der Waals surface area contributed by atoms with Gasteiger partial charge in [-0.1, -0.05) is 29.8 Å². The molecule has 0 spiro atoms. The Hall–Kier alpha value is -0.850. The van der Waals surface area contributed by atoms with E-state index in [0.29, 0.717) is 11.7 Å². The molecule has 1 unspecified atom stereocenters. The van der Waals surface area contributed by atoms with Crippen LogP contribution in [0.15, 0.2) is 30.5 Å². The number of morpholine rings is 1. The van der Waals surface area contributed by atoms with Gasteiger partial charge in [0.1, 0.15) is 0 Å². The van der Waals surface area contributed by atoms with Crippen LogP contribution in [0.1, 0.15) is 30.4 Å². The normalized spacial score (nSPS) is 20.9. The molecular weight excluding hydrogens is 353 g/mol. The highest BCUT2D eigenvalue weighted by Crippen LogP contribution is 2.34. The Morgan fingerprint density at radius 3 is 2.83 bits per heavy atom. The molecule has 2 heterocycles. The monoisotopic (exact) mass is 373 g/mol. The molecule has 1 aliphatic heterocycles. The van der Waals surface area contributed by atoms with Gasteiger partial charge in [0.25, 0.3) is 0 Å². The van der Waals surface area contributed by atoms with E-state index in [2.05, 4.69) is 23.7 Å². The molecule has 1 aromatic carbocycles. The first-order chi connectivity index (χ1) is 10.5. The van der Waals surface area contributed by atoms with Crippen molar-refractivity contribution in [1.29, 1.82) is 0 Å². The van der Waals surface area contributed by atoms with Crippen LogP contribution in [0.2, 0.25) is 5.02 Å². The van der Waals surface area contributed by atoms with E-state index >= 15 is 0 Å². The maximum absolute atomic E-state index is 6.32. The topological polar surface area (TPSA) is 51.4 Å². The van der Waals surface area contributed by atoms with Crippen LogP contribution in [0.5, 0.6) is 0 Å². The van der Waals surface area contributed by atoms with Crippen molar-refractivity contribution in [2.24, 2.45) is 0 Å². The molecule has 3 rings (SSSR count). The van der Waals surface area contributed by atoms with Gasteiger partial charge < -0.3 is 10.5 Å². The van der Waals surface area contributed by atoms with E-state index in [1.807, 2.05) is 30.5 Å². The molecule has 0 amide bonds. The zero-order chi connectivity index (χ0) is 15.7. The molecule has 1 aromatic heterocycles. The Morgan fingerprint density at radius 1 is 1.43 bits per heavy atom. The van der Waals surface area contributed by atoms with E-state index in [1.54, 1.807) is 11.3 Å². The lowest BCUT2D eigenvalue weighted by Gasteiger charge is -2.45. The van der Waals surface area contributed by atoms with E-state index in [4.69, 9.17) is 22.1 Å². The second kappa shape index (κ2) is 7.36. The van der Waals surface area contributed by atoms with Crippen molar-refractivity contribution >= 4 is 40.5 Å². The van der Waals surface area contributed by atoms with Crippen molar-refractivity contribution in [3.8, 4) is 0 Å². The molecule has 23 heavy (non-hydrogen) atoms. The minimum Gasteiger partial charge on any atom is -0.375 e. The summed E-state index contributed by atoms with van der Waals surface area (Å²) in [7, 11) is 0. The van der Waals surface area contributed by atoms with Gasteiger partial charge in [-0.3, -0.25) is 4.90 Å². The molecule has 0 saturated carbocycles. The molecule has 1 atom stereocenters. The van der Waals surface area contributed by atoms with E-state index < -0.39 is 0 Å². The summed E-state index contributed by atoms with van der Waals surface area (Å²) in [6, 6.07) is 7.89. The summed E-state index contributed by atoms with van der Waals surface area (Å²) in [5.41, 5.74) is 6.75. The molecule has 0 aliphatic carbocycles. The molecule has 2 aromatic rings. The van der Waals surface area contributed by atoms with Gasteiger partial charge in [0.2, 0.25) is 0 Å². The number of nitrogens with zero attached hydrogens (tertiary/aromatic N) is 2. The summed E-state index contributed by atoms with van der Waals surface area (Å²) >= 11 is 7.86. The maximum Gasteiger partial charge on any atom is 0.180 e. The van der Waals surface area contributed by atoms with Crippen LogP contribution in [0.3, 0.4) is 0 Å². The molecule has 1 fully saturated rings. The van der Waals surface area contributed by atoms with Gasteiger partial charge in [-0.2, -0.15) is 0 Å². The number of nitrogens with two attached hydrogens (primary N) is 1. The van der Waals surface area contributed by atoms with Gasteiger partial charge in [0.15, 0.2) is 5.13 Å². The third-order valence-corrected chi connectivity index (χ3v) is 5.21. The van der Waals surface area contributed by atoms with Gasteiger partial charge in [-0.05, 0) is 19.9 Å². The van der Waals surface area contributed by atoms with Crippen LogP contribution in [-0.4, -0.2) is 28.6 Å². The highest BCUT2D eigenvalue weighted by atomic mass is 35.5. The number of thiazole rings is 1. The Labute approximate surface area is 152 Å². The van der Waals surface area contributed by atoms with E-state index in [0.717, 1.165) is 23.7 Å². The summed E-state index contributed by atoms with van der Waals surface area (Å²) in [5.74, 6) is 0. The summed E-state index contributed by atoms with van der Waals surface area (Å²) in [5, 5.41) is 1.37. The molecule has 0 radical (unpaired) electrons. The molecular formula is C16H21Cl2N3OS. The Bertz CT molecular complexity index is 662. The lowest BCUT2D eigenvalue weighted by Crippen LogP contribution is -2.53. The smallest absolute Gasteiger partial charge is 0.180 e. The molecule has 7 heteroatoms. The number of benzene rings is 1. The highest BCUT2D eigenvalue weighted by Gasteiger charge is 2.36. The lowest BCUT2D eigenvalue weighted by molar-refractivity contribution is -0.104. The molecule has 2 N–H and O–H groups in total. The first kappa shape index (κ1) is 18.5. The molecule has 0 bridgehead atoms. The van der Waals surface area contributed by atoms with E-state index in [-0.39, 0.29) is 24.0 Å². The Balaban J connectivity index is 0.00000192. The number of ether oxygens (including phenoxy) is 1. The van der Waals surface area contributed by atoms with Crippen LogP contribution in [0, 0.1) is 0 Å². The lowest BCUT2D eigenvalue weighted by atomic mass is 9.98. The van der Waals surface area contributed by atoms with Crippen LogP contribution < -0.4 is 5.73 Å². The van der Waals surface area contributed by atoms with E-state index in [9.17, 15) is 0 Å². The summed E-state index contributed by atoms with van der Waals surface area (Å²) < 4.78 is 6.07. The summed E-state index contributed by atoms with van der Waals surface area (Å²) in [4.78, 5) is 7.72. The fraction of sp³-hybridized carbons (Fsp3) is 0.438. The minimum atomic E-state index is -0.0312. The standard InChI is InChI=1S/C16H20ClN3OS.ClH/c1-16(2)10-21-14(12-5-3-4-6-13(12)17)9-20(16)8-11-7-19-15(18)22-11;/h3-7,14H,8-10H2,1-2H3,(H2,18,19);1H. The van der Waals surface area contributed by atoms with Crippen molar-refractivity contribution < 1.29 is 4.74 Å². The third kappa shape index (κ3) is 4.17. The van der Waals surface area contributed by atoms with Crippen LogP contribution >= 0.6 is 35.3 Å². The van der Waals surface area contributed by atoms with Crippen LogP contribution in [-0.2, 0) is 11.3 Å². The summed E-state index contributed by atoms with van der Waals surface area (Å²) in [6.45, 7) is 6.68. The number of hydrogen-bond donors (Lipinski definition) is 1. The number of anilines is 1. The molecule has 4 nitrogen and oxygen atoms in total. The zero-order valence-electron chi connectivity index (χ0n) is 13.2. The van der Waals surface area contributed by atoms with Crippen molar-refractivity contribution in [3.05, 3.63) is 45.9 Å². The van der Waals surface area contributed by atoms with Crippen molar-refractivity contribution in [2.45, 2.75) is 32.0 Å². The average Bonchev–Trinajstić information content (AvgIpc) is 2.87. The Kier molecular flexibility index (Phi) is 5.92. The highest BCUT2D eigenvalue weighted by molar-refractivity contribution is 7.15. The minimum absolute atomic E-state index is 0. The third-order valence-electron chi connectivity index (χ3n) is 4.05. The fourth-order valence-corrected chi connectivity index (χ4v) is 3.64. The van der Waals surface area contributed by atoms with Gasteiger partial charge in [0.05, 0.1) is 12.7 Å². The van der Waals surface area contributed by atoms with E-state index in [1.165, 1.54) is 4.88 Å². The van der Waals surface area contributed by atoms with Crippen molar-refractivity contribution in [2.75, 3.05) is 18.9 Å². The fourth-order valence-electron chi connectivity index (χ4n) is 2.68. The molecule has 1 saturated heterocycles. The Morgan fingerprint density at radius 2 is 2.17 bits per heavy atom. The van der Waals surface area contributed by atoms with Gasteiger partial charge in [-0.15, -0.1) is 23.7 Å². The first-order valence-electron chi connectivity index (χ1n) is 7.27.